The summed E-state index contributed by atoms with van der Waals surface area (Å²) in [6.45, 7) is 10.8. The van der Waals surface area contributed by atoms with Crippen molar-refractivity contribution >= 4 is 0 Å². The van der Waals surface area contributed by atoms with Gasteiger partial charge in [-0.3, -0.25) is 0 Å². The first-order valence-corrected chi connectivity index (χ1v) is 3.90. The zero-order valence-corrected chi connectivity index (χ0v) is 7.78. The second kappa shape index (κ2) is 3.65. The van der Waals surface area contributed by atoms with Gasteiger partial charge in [-0.1, -0.05) is 13.0 Å². The molecule has 0 spiro atoms. The first-order chi connectivity index (χ1) is 4.45. The SMILES string of the molecule is CC/C=C(/C)NC(C)(C)C. The zero-order chi connectivity index (χ0) is 8.20. The summed E-state index contributed by atoms with van der Waals surface area (Å²) < 4.78 is 0. The monoisotopic (exact) mass is 141 g/mol. The molecule has 0 aromatic rings. The van der Waals surface area contributed by atoms with Crippen LogP contribution >= 0.6 is 0 Å². The maximum atomic E-state index is 3.38. The van der Waals surface area contributed by atoms with E-state index < -0.39 is 0 Å². The van der Waals surface area contributed by atoms with Crippen LogP contribution in [0.3, 0.4) is 0 Å². The molecule has 0 aliphatic rings. The van der Waals surface area contributed by atoms with E-state index in [1.54, 1.807) is 0 Å². The van der Waals surface area contributed by atoms with Crippen LogP contribution in [-0.2, 0) is 0 Å². The van der Waals surface area contributed by atoms with Gasteiger partial charge in [0.2, 0.25) is 0 Å². The lowest BCUT2D eigenvalue weighted by molar-refractivity contribution is 0.472. The summed E-state index contributed by atoms with van der Waals surface area (Å²) >= 11 is 0. The first-order valence-electron chi connectivity index (χ1n) is 3.90. The molecule has 0 aliphatic heterocycles. The van der Waals surface area contributed by atoms with Crippen LogP contribution in [0.4, 0.5) is 0 Å². The second-order valence-electron chi connectivity index (χ2n) is 3.67. The van der Waals surface area contributed by atoms with E-state index in [1.165, 1.54) is 5.70 Å². The van der Waals surface area contributed by atoms with Crippen molar-refractivity contribution < 1.29 is 0 Å². The highest BCUT2D eigenvalue weighted by molar-refractivity contribution is 4.98. The molecule has 0 radical (unpaired) electrons. The Morgan fingerprint density at radius 3 is 2.20 bits per heavy atom. The Labute approximate surface area is 64.5 Å². The average Bonchev–Trinajstić information content (AvgIpc) is 1.59. The van der Waals surface area contributed by atoms with Gasteiger partial charge in [0.15, 0.2) is 0 Å². The van der Waals surface area contributed by atoms with Gasteiger partial charge < -0.3 is 5.32 Å². The highest BCUT2D eigenvalue weighted by Crippen LogP contribution is 2.03. The van der Waals surface area contributed by atoms with Gasteiger partial charge in [0.25, 0.3) is 0 Å². The van der Waals surface area contributed by atoms with Crippen LogP contribution in [0.1, 0.15) is 41.0 Å². The zero-order valence-electron chi connectivity index (χ0n) is 7.78. The molecule has 0 aromatic carbocycles. The molecule has 1 nitrogen and oxygen atoms in total. The van der Waals surface area contributed by atoms with Crippen LogP contribution in [-0.4, -0.2) is 5.54 Å². The third-order valence-corrected chi connectivity index (χ3v) is 1.08. The van der Waals surface area contributed by atoms with E-state index in [0.717, 1.165) is 6.42 Å². The Morgan fingerprint density at radius 2 is 1.90 bits per heavy atom. The molecule has 0 atom stereocenters. The Balaban J connectivity index is 3.79. The second-order valence-corrected chi connectivity index (χ2v) is 3.67. The van der Waals surface area contributed by atoms with Crippen molar-refractivity contribution in [2.45, 2.75) is 46.6 Å². The van der Waals surface area contributed by atoms with Crippen molar-refractivity contribution in [3.63, 3.8) is 0 Å². The van der Waals surface area contributed by atoms with Crippen molar-refractivity contribution in [2.75, 3.05) is 0 Å². The smallest absolute Gasteiger partial charge is 0.0286 e. The molecule has 0 saturated carbocycles. The van der Waals surface area contributed by atoms with Crippen LogP contribution in [0.25, 0.3) is 0 Å². The highest BCUT2D eigenvalue weighted by Gasteiger charge is 2.07. The normalized spacial score (nSPS) is 13.5. The molecule has 10 heavy (non-hydrogen) atoms. The Hall–Kier alpha value is -0.460. The molecule has 0 saturated heterocycles. The van der Waals surface area contributed by atoms with Crippen LogP contribution < -0.4 is 5.32 Å². The molecule has 0 bridgehead atoms. The number of rotatable bonds is 2. The summed E-state index contributed by atoms with van der Waals surface area (Å²) in [4.78, 5) is 0. The van der Waals surface area contributed by atoms with Crippen LogP contribution in [0.5, 0.6) is 0 Å². The molecule has 0 aliphatic carbocycles. The number of allylic oxidation sites excluding steroid dienone is 2. The Morgan fingerprint density at radius 1 is 1.40 bits per heavy atom. The summed E-state index contributed by atoms with van der Waals surface area (Å²) in [5.41, 5.74) is 1.48. The van der Waals surface area contributed by atoms with Gasteiger partial charge in [-0.25, -0.2) is 0 Å². The van der Waals surface area contributed by atoms with E-state index in [9.17, 15) is 0 Å². The summed E-state index contributed by atoms with van der Waals surface area (Å²) in [5.74, 6) is 0. The Kier molecular flexibility index (Phi) is 3.48. The standard InChI is InChI=1S/C9H19N/c1-6-7-8(2)10-9(3,4)5/h7,10H,6H2,1-5H3/b8-7-. The van der Waals surface area contributed by atoms with Gasteiger partial charge in [-0.05, 0) is 34.1 Å². The van der Waals surface area contributed by atoms with E-state index in [1.807, 2.05) is 0 Å². The summed E-state index contributed by atoms with van der Waals surface area (Å²) in [5, 5.41) is 3.38. The van der Waals surface area contributed by atoms with Crippen molar-refractivity contribution in [2.24, 2.45) is 0 Å². The fourth-order valence-electron chi connectivity index (χ4n) is 0.949. The van der Waals surface area contributed by atoms with Gasteiger partial charge in [-0.2, -0.15) is 0 Å². The number of nitrogens with one attached hydrogen (secondary N) is 1. The van der Waals surface area contributed by atoms with Gasteiger partial charge in [0.05, 0.1) is 0 Å². The molecule has 0 fully saturated rings. The van der Waals surface area contributed by atoms with Crippen LogP contribution in [0.2, 0.25) is 0 Å². The molecule has 0 rings (SSSR count). The van der Waals surface area contributed by atoms with E-state index in [0.29, 0.717) is 0 Å². The molecule has 1 N–H and O–H groups in total. The quantitative estimate of drug-likeness (QED) is 0.623. The van der Waals surface area contributed by atoms with Crippen molar-refractivity contribution in [1.29, 1.82) is 0 Å². The minimum Gasteiger partial charge on any atom is -0.384 e. The fraction of sp³-hybridized carbons (Fsp3) is 0.778. The summed E-state index contributed by atoms with van der Waals surface area (Å²) in [6.07, 6.45) is 3.31. The lowest BCUT2D eigenvalue weighted by Crippen LogP contribution is -2.34. The van der Waals surface area contributed by atoms with Crippen molar-refractivity contribution in [1.82, 2.24) is 5.32 Å². The number of hydrogen-bond donors (Lipinski definition) is 1. The minimum absolute atomic E-state index is 0.204. The summed E-state index contributed by atoms with van der Waals surface area (Å²) in [7, 11) is 0. The topological polar surface area (TPSA) is 12.0 Å². The summed E-state index contributed by atoms with van der Waals surface area (Å²) in [6, 6.07) is 0. The van der Waals surface area contributed by atoms with E-state index in [-0.39, 0.29) is 5.54 Å². The minimum atomic E-state index is 0.204. The van der Waals surface area contributed by atoms with Crippen molar-refractivity contribution in [3.05, 3.63) is 11.8 Å². The third kappa shape index (κ3) is 5.67. The average molecular weight is 141 g/mol. The molecule has 0 heterocycles. The Bertz CT molecular complexity index is 117. The van der Waals surface area contributed by atoms with Crippen LogP contribution in [0.15, 0.2) is 11.8 Å². The molecule has 1 heteroatoms. The molecule has 60 valence electrons. The predicted octanol–water partition coefficient (Wildman–Crippen LogP) is 2.69. The largest absolute Gasteiger partial charge is 0.384 e. The predicted molar refractivity (Wildman–Crippen MR) is 46.9 cm³/mol. The third-order valence-electron chi connectivity index (χ3n) is 1.08. The molecule has 0 amide bonds. The molecular weight excluding hydrogens is 122 g/mol. The molecule has 0 aromatic heterocycles. The van der Waals surface area contributed by atoms with Gasteiger partial charge >= 0.3 is 0 Å². The molecule has 0 unspecified atom stereocenters. The van der Waals surface area contributed by atoms with E-state index in [4.69, 9.17) is 0 Å². The van der Waals surface area contributed by atoms with Crippen LogP contribution in [0, 0.1) is 0 Å². The highest BCUT2D eigenvalue weighted by atomic mass is 14.9. The first kappa shape index (κ1) is 9.54. The van der Waals surface area contributed by atoms with Gasteiger partial charge in [0, 0.05) is 11.2 Å². The van der Waals surface area contributed by atoms with Gasteiger partial charge in [0.1, 0.15) is 0 Å². The lowest BCUT2D eigenvalue weighted by atomic mass is 10.1. The van der Waals surface area contributed by atoms with Crippen molar-refractivity contribution in [3.8, 4) is 0 Å². The van der Waals surface area contributed by atoms with Gasteiger partial charge in [-0.15, -0.1) is 0 Å². The lowest BCUT2D eigenvalue weighted by Gasteiger charge is -2.22. The fourth-order valence-corrected chi connectivity index (χ4v) is 0.949. The molecular formula is C9H19N. The van der Waals surface area contributed by atoms with E-state index >= 15 is 0 Å². The maximum Gasteiger partial charge on any atom is 0.0286 e. The number of hydrogen-bond acceptors (Lipinski definition) is 1. The maximum absolute atomic E-state index is 3.38. The van der Waals surface area contributed by atoms with E-state index in [2.05, 4.69) is 46.0 Å².